The number of ketones is 1. The molecule has 0 heterocycles. The van der Waals surface area contributed by atoms with E-state index in [9.17, 15) is 9.59 Å². The molecule has 0 aromatic heterocycles. The third-order valence-electron chi connectivity index (χ3n) is 4.47. The van der Waals surface area contributed by atoms with Crippen LogP contribution in [0.3, 0.4) is 0 Å². The SMILES string of the molecule is COc1cc(/C=C/C(=O)c2ccc(OC(=O)c3ccccc3)cc2)cc(OC)c1OC. The lowest BCUT2D eigenvalue weighted by Crippen LogP contribution is -2.08. The van der Waals surface area contributed by atoms with E-state index in [1.54, 1.807) is 66.7 Å². The summed E-state index contributed by atoms with van der Waals surface area (Å²) in [5, 5.41) is 0. The van der Waals surface area contributed by atoms with E-state index in [1.807, 2.05) is 6.07 Å². The summed E-state index contributed by atoms with van der Waals surface area (Å²) in [5.41, 5.74) is 1.63. The summed E-state index contributed by atoms with van der Waals surface area (Å²) in [6, 6.07) is 18.6. The number of hydrogen-bond donors (Lipinski definition) is 0. The highest BCUT2D eigenvalue weighted by Gasteiger charge is 2.13. The molecule has 0 aliphatic carbocycles. The molecule has 0 aliphatic heterocycles. The van der Waals surface area contributed by atoms with Crippen LogP contribution in [0, 0.1) is 0 Å². The Labute approximate surface area is 180 Å². The van der Waals surface area contributed by atoms with Crippen LogP contribution in [0.5, 0.6) is 23.0 Å². The second-order valence-electron chi connectivity index (χ2n) is 6.44. The maximum absolute atomic E-state index is 12.5. The molecule has 3 aromatic carbocycles. The highest BCUT2D eigenvalue weighted by atomic mass is 16.5. The average molecular weight is 418 g/mol. The van der Waals surface area contributed by atoms with Crippen LogP contribution < -0.4 is 18.9 Å². The van der Waals surface area contributed by atoms with Gasteiger partial charge in [-0.05, 0) is 60.2 Å². The van der Waals surface area contributed by atoms with Crippen LogP contribution >= 0.6 is 0 Å². The van der Waals surface area contributed by atoms with E-state index in [-0.39, 0.29) is 5.78 Å². The molecule has 158 valence electrons. The van der Waals surface area contributed by atoms with Crippen LogP contribution in [0.25, 0.3) is 6.08 Å². The molecule has 0 unspecified atom stereocenters. The number of allylic oxidation sites excluding steroid dienone is 1. The maximum atomic E-state index is 12.5. The van der Waals surface area contributed by atoms with E-state index in [0.29, 0.717) is 34.1 Å². The zero-order valence-corrected chi connectivity index (χ0v) is 17.5. The van der Waals surface area contributed by atoms with Crippen molar-refractivity contribution in [2.75, 3.05) is 21.3 Å². The average Bonchev–Trinajstić information content (AvgIpc) is 2.82. The second-order valence-corrected chi connectivity index (χ2v) is 6.44. The fraction of sp³-hybridized carbons (Fsp3) is 0.120. The van der Waals surface area contributed by atoms with Crippen LogP contribution in [0.15, 0.2) is 72.8 Å². The molecule has 6 nitrogen and oxygen atoms in total. The van der Waals surface area contributed by atoms with Gasteiger partial charge in [-0.1, -0.05) is 24.3 Å². The minimum atomic E-state index is -0.457. The molecule has 31 heavy (non-hydrogen) atoms. The smallest absolute Gasteiger partial charge is 0.343 e. The lowest BCUT2D eigenvalue weighted by molar-refractivity contribution is 0.0734. The van der Waals surface area contributed by atoms with Gasteiger partial charge in [0, 0.05) is 5.56 Å². The summed E-state index contributed by atoms with van der Waals surface area (Å²) < 4.78 is 21.3. The third kappa shape index (κ3) is 5.30. The molecule has 0 N–H and O–H groups in total. The summed E-state index contributed by atoms with van der Waals surface area (Å²) >= 11 is 0. The Hall–Kier alpha value is -4.06. The number of esters is 1. The molecule has 3 aromatic rings. The van der Waals surface area contributed by atoms with Crippen molar-refractivity contribution in [1.82, 2.24) is 0 Å². The maximum Gasteiger partial charge on any atom is 0.343 e. The van der Waals surface area contributed by atoms with E-state index in [0.717, 1.165) is 5.56 Å². The molecule has 0 saturated heterocycles. The lowest BCUT2D eigenvalue weighted by Gasteiger charge is -2.12. The van der Waals surface area contributed by atoms with Crippen molar-refractivity contribution >= 4 is 17.8 Å². The van der Waals surface area contributed by atoms with Crippen molar-refractivity contribution in [3.05, 3.63) is 89.5 Å². The van der Waals surface area contributed by atoms with Crippen LogP contribution in [0.1, 0.15) is 26.3 Å². The van der Waals surface area contributed by atoms with Crippen LogP contribution in [0.4, 0.5) is 0 Å². The van der Waals surface area contributed by atoms with Gasteiger partial charge in [-0.15, -0.1) is 0 Å². The summed E-state index contributed by atoms with van der Waals surface area (Å²) in [6.07, 6.45) is 3.11. The summed E-state index contributed by atoms with van der Waals surface area (Å²) in [7, 11) is 4.59. The first-order valence-electron chi connectivity index (χ1n) is 9.45. The zero-order valence-electron chi connectivity index (χ0n) is 17.5. The van der Waals surface area contributed by atoms with Crippen LogP contribution in [0.2, 0.25) is 0 Å². The van der Waals surface area contributed by atoms with Crippen molar-refractivity contribution < 1.29 is 28.5 Å². The van der Waals surface area contributed by atoms with Gasteiger partial charge in [-0.3, -0.25) is 4.79 Å². The molecule has 0 radical (unpaired) electrons. The predicted molar refractivity (Wildman–Crippen MR) is 117 cm³/mol. The number of hydrogen-bond acceptors (Lipinski definition) is 6. The van der Waals surface area contributed by atoms with E-state index >= 15 is 0 Å². The van der Waals surface area contributed by atoms with Crippen molar-refractivity contribution in [2.24, 2.45) is 0 Å². The number of benzene rings is 3. The van der Waals surface area contributed by atoms with Crippen molar-refractivity contribution in [2.45, 2.75) is 0 Å². The van der Waals surface area contributed by atoms with Gasteiger partial charge < -0.3 is 18.9 Å². The van der Waals surface area contributed by atoms with Crippen molar-refractivity contribution in [3.63, 3.8) is 0 Å². The molecule has 3 rings (SSSR count). The first-order chi connectivity index (χ1) is 15.0. The first-order valence-corrected chi connectivity index (χ1v) is 9.45. The topological polar surface area (TPSA) is 71.1 Å². The van der Waals surface area contributed by atoms with E-state index in [4.69, 9.17) is 18.9 Å². The molecule has 0 spiro atoms. The fourth-order valence-corrected chi connectivity index (χ4v) is 2.89. The Morgan fingerprint density at radius 3 is 1.90 bits per heavy atom. The molecule has 0 aliphatic rings. The number of carbonyl (C=O) groups is 2. The van der Waals surface area contributed by atoms with Gasteiger partial charge in [0.2, 0.25) is 5.75 Å². The van der Waals surface area contributed by atoms with Gasteiger partial charge in [0.05, 0.1) is 26.9 Å². The minimum Gasteiger partial charge on any atom is -0.493 e. The summed E-state index contributed by atoms with van der Waals surface area (Å²) in [5.74, 6) is 1.18. The number of ether oxygens (including phenoxy) is 4. The van der Waals surface area contributed by atoms with Gasteiger partial charge >= 0.3 is 5.97 Å². The Balaban J connectivity index is 1.71. The number of carbonyl (C=O) groups excluding carboxylic acids is 2. The molecule has 0 fully saturated rings. The van der Waals surface area contributed by atoms with Gasteiger partial charge in [0.25, 0.3) is 0 Å². The first kappa shape index (κ1) is 21.6. The van der Waals surface area contributed by atoms with E-state index < -0.39 is 5.97 Å². The van der Waals surface area contributed by atoms with E-state index in [2.05, 4.69) is 0 Å². The minimum absolute atomic E-state index is 0.199. The number of rotatable bonds is 8. The molecule has 0 saturated carbocycles. The van der Waals surface area contributed by atoms with Crippen molar-refractivity contribution in [1.29, 1.82) is 0 Å². The summed E-state index contributed by atoms with van der Waals surface area (Å²) in [6.45, 7) is 0. The Bertz CT molecular complexity index is 1060. The Morgan fingerprint density at radius 2 is 1.35 bits per heavy atom. The standard InChI is InChI=1S/C25H22O6/c1-28-22-15-17(16-23(29-2)24(22)30-3)9-14-21(26)18-10-12-20(13-11-18)31-25(27)19-7-5-4-6-8-19/h4-16H,1-3H3/b14-9+. The zero-order chi connectivity index (χ0) is 22.2. The number of methoxy groups -OCH3 is 3. The second kappa shape index (κ2) is 10.1. The largest absolute Gasteiger partial charge is 0.493 e. The molecular formula is C25H22O6. The van der Waals surface area contributed by atoms with E-state index in [1.165, 1.54) is 27.4 Å². The fourth-order valence-electron chi connectivity index (χ4n) is 2.89. The highest BCUT2D eigenvalue weighted by Crippen LogP contribution is 2.38. The van der Waals surface area contributed by atoms with Crippen molar-refractivity contribution in [3.8, 4) is 23.0 Å². The normalized spacial score (nSPS) is 10.5. The molecule has 0 atom stereocenters. The van der Waals surface area contributed by atoms with Gasteiger partial charge in [-0.25, -0.2) is 4.79 Å². The Kier molecular flexibility index (Phi) is 7.06. The van der Waals surface area contributed by atoms with Gasteiger partial charge in [0.15, 0.2) is 17.3 Å². The quantitative estimate of drug-likeness (QED) is 0.226. The highest BCUT2D eigenvalue weighted by molar-refractivity contribution is 6.07. The van der Waals surface area contributed by atoms with Gasteiger partial charge in [-0.2, -0.15) is 0 Å². The van der Waals surface area contributed by atoms with Crippen LogP contribution in [-0.2, 0) is 0 Å². The lowest BCUT2D eigenvalue weighted by atomic mass is 10.1. The summed E-state index contributed by atoms with van der Waals surface area (Å²) in [4.78, 5) is 24.6. The molecule has 6 heteroatoms. The Morgan fingerprint density at radius 1 is 0.742 bits per heavy atom. The predicted octanol–water partition coefficient (Wildman–Crippen LogP) is 4.83. The molecular weight excluding hydrogens is 396 g/mol. The molecule has 0 amide bonds. The third-order valence-corrected chi connectivity index (χ3v) is 4.47. The van der Waals surface area contributed by atoms with Crippen LogP contribution in [-0.4, -0.2) is 33.1 Å². The molecule has 0 bridgehead atoms. The monoisotopic (exact) mass is 418 g/mol. The van der Waals surface area contributed by atoms with Gasteiger partial charge in [0.1, 0.15) is 5.75 Å².